The van der Waals surface area contributed by atoms with Gasteiger partial charge < -0.3 is 15.0 Å². The Morgan fingerprint density at radius 3 is 2.73 bits per heavy atom. The molecule has 0 aliphatic carbocycles. The average molecular weight is 354 g/mol. The maximum Gasteiger partial charge on any atom is 0.354 e. The number of aromatic carboxylic acids is 1. The predicted octanol–water partition coefficient (Wildman–Crippen LogP) is 2.36. The highest BCUT2D eigenvalue weighted by Crippen LogP contribution is 2.19. The molecule has 3 aromatic rings. The van der Waals surface area contributed by atoms with Crippen LogP contribution in [-0.2, 0) is 17.9 Å². The zero-order valence-electron chi connectivity index (χ0n) is 14.9. The molecule has 3 rings (SSSR count). The summed E-state index contributed by atoms with van der Waals surface area (Å²) in [7, 11) is 0. The van der Waals surface area contributed by atoms with Gasteiger partial charge in [-0.2, -0.15) is 5.10 Å². The van der Waals surface area contributed by atoms with Crippen molar-refractivity contribution in [2.24, 2.45) is 0 Å². The summed E-state index contributed by atoms with van der Waals surface area (Å²) >= 11 is 0. The molecule has 0 atom stereocenters. The second-order valence-corrected chi connectivity index (χ2v) is 6.33. The Balaban J connectivity index is 1.53. The summed E-state index contributed by atoms with van der Waals surface area (Å²) in [4.78, 5) is 23.2. The molecule has 0 radical (unpaired) electrons. The highest BCUT2D eigenvalue weighted by molar-refractivity contribution is 5.86. The minimum Gasteiger partial charge on any atom is -0.477 e. The fourth-order valence-corrected chi connectivity index (χ4v) is 3.14. The van der Waals surface area contributed by atoms with Crippen molar-refractivity contribution in [1.29, 1.82) is 0 Å². The fourth-order valence-electron chi connectivity index (χ4n) is 3.14. The van der Waals surface area contributed by atoms with Gasteiger partial charge in [-0.05, 0) is 43.9 Å². The van der Waals surface area contributed by atoms with Crippen LogP contribution in [0.2, 0.25) is 0 Å². The van der Waals surface area contributed by atoms with Crippen LogP contribution in [0.5, 0.6) is 0 Å². The average Bonchev–Trinajstić information content (AvgIpc) is 3.11. The molecule has 0 aliphatic heterocycles. The van der Waals surface area contributed by atoms with E-state index < -0.39 is 5.97 Å². The highest BCUT2D eigenvalue weighted by Gasteiger charge is 2.14. The van der Waals surface area contributed by atoms with E-state index >= 15 is 0 Å². The van der Waals surface area contributed by atoms with Gasteiger partial charge in [-0.15, -0.1) is 0 Å². The maximum atomic E-state index is 12.1. The number of nitrogens with zero attached hydrogens (tertiary/aromatic N) is 3. The SMILES string of the molecule is Cc1cc(C(=O)O)n(CC(=O)NCCCn2c(C)cc3ccccc32)n1. The zero-order chi connectivity index (χ0) is 18.7. The van der Waals surface area contributed by atoms with Crippen molar-refractivity contribution in [3.63, 3.8) is 0 Å². The quantitative estimate of drug-likeness (QED) is 0.638. The number of hydrogen-bond donors (Lipinski definition) is 2. The summed E-state index contributed by atoms with van der Waals surface area (Å²) < 4.78 is 3.46. The van der Waals surface area contributed by atoms with E-state index in [9.17, 15) is 9.59 Å². The monoisotopic (exact) mass is 354 g/mol. The molecule has 2 heterocycles. The van der Waals surface area contributed by atoms with Gasteiger partial charge in [0.1, 0.15) is 12.2 Å². The van der Waals surface area contributed by atoms with E-state index in [0.717, 1.165) is 13.0 Å². The molecule has 7 nitrogen and oxygen atoms in total. The van der Waals surface area contributed by atoms with Gasteiger partial charge in [-0.25, -0.2) is 9.48 Å². The number of carboxylic acid groups (broad SMARTS) is 1. The Kier molecular flexibility index (Phi) is 5.06. The van der Waals surface area contributed by atoms with E-state index in [4.69, 9.17) is 5.11 Å². The van der Waals surface area contributed by atoms with Crippen LogP contribution in [0.1, 0.15) is 28.3 Å². The standard InChI is InChI=1S/C19H22N4O3/c1-13-10-17(19(25)26)23(21-13)12-18(24)20-8-5-9-22-14(2)11-15-6-3-4-7-16(15)22/h3-4,6-7,10-11H,5,8-9,12H2,1-2H3,(H,20,24)(H,25,26). The first kappa shape index (κ1) is 17.7. The van der Waals surface area contributed by atoms with E-state index in [-0.39, 0.29) is 18.1 Å². The van der Waals surface area contributed by atoms with E-state index in [1.165, 1.54) is 27.3 Å². The van der Waals surface area contributed by atoms with Crippen molar-refractivity contribution in [2.75, 3.05) is 6.54 Å². The second kappa shape index (κ2) is 7.43. The molecular weight excluding hydrogens is 332 g/mol. The molecule has 0 spiro atoms. The molecule has 2 N–H and O–H groups in total. The number of benzene rings is 1. The lowest BCUT2D eigenvalue weighted by Crippen LogP contribution is -2.30. The first-order valence-corrected chi connectivity index (χ1v) is 8.55. The molecule has 0 saturated carbocycles. The Hall–Kier alpha value is -3.09. The number of carboxylic acids is 1. The normalized spacial score (nSPS) is 11.0. The maximum absolute atomic E-state index is 12.1. The first-order chi connectivity index (χ1) is 12.5. The number of carbonyl (C=O) groups excluding carboxylic acids is 1. The van der Waals surface area contributed by atoms with Gasteiger partial charge in [-0.3, -0.25) is 4.79 Å². The number of carbonyl (C=O) groups is 2. The summed E-state index contributed by atoms with van der Waals surface area (Å²) in [6, 6.07) is 11.8. The number of para-hydroxylation sites is 1. The molecule has 7 heteroatoms. The number of nitrogens with one attached hydrogen (secondary N) is 1. The number of fused-ring (bicyclic) bond motifs is 1. The molecule has 26 heavy (non-hydrogen) atoms. The smallest absolute Gasteiger partial charge is 0.354 e. The molecule has 1 amide bonds. The van der Waals surface area contributed by atoms with E-state index in [0.29, 0.717) is 12.2 Å². The molecule has 0 saturated heterocycles. The van der Waals surface area contributed by atoms with Gasteiger partial charge >= 0.3 is 5.97 Å². The third-order valence-corrected chi connectivity index (χ3v) is 4.31. The molecule has 0 unspecified atom stereocenters. The Bertz CT molecular complexity index is 955. The number of aryl methyl sites for hydroxylation is 3. The van der Waals surface area contributed by atoms with Gasteiger partial charge in [0, 0.05) is 24.3 Å². The zero-order valence-corrected chi connectivity index (χ0v) is 14.9. The highest BCUT2D eigenvalue weighted by atomic mass is 16.4. The van der Waals surface area contributed by atoms with E-state index in [2.05, 4.69) is 40.1 Å². The van der Waals surface area contributed by atoms with Gasteiger partial charge in [0.25, 0.3) is 0 Å². The van der Waals surface area contributed by atoms with Crippen LogP contribution in [0, 0.1) is 13.8 Å². The van der Waals surface area contributed by atoms with Crippen LogP contribution in [-0.4, -0.2) is 37.9 Å². The minimum absolute atomic E-state index is 0.0204. The number of rotatable bonds is 7. The Morgan fingerprint density at radius 2 is 1.96 bits per heavy atom. The van der Waals surface area contributed by atoms with Crippen molar-refractivity contribution < 1.29 is 14.7 Å². The van der Waals surface area contributed by atoms with Crippen LogP contribution in [0.3, 0.4) is 0 Å². The lowest BCUT2D eigenvalue weighted by molar-refractivity contribution is -0.121. The van der Waals surface area contributed by atoms with Crippen LogP contribution in [0.25, 0.3) is 10.9 Å². The second-order valence-electron chi connectivity index (χ2n) is 6.33. The van der Waals surface area contributed by atoms with Crippen molar-refractivity contribution >= 4 is 22.8 Å². The van der Waals surface area contributed by atoms with Gasteiger partial charge in [0.05, 0.1) is 5.69 Å². The number of amides is 1. The number of aromatic nitrogens is 3. The molecular formula is C19H22N4O3. The van der Waals surface area contributed by atoms with Gasteiger partial charge in [-0.1, -0.05) is 18.2 Å². The third kappa shape index (κ3) is 3.77. The minimum atomic E-state index is -1.09. The topological polar surface area (TPSA) is 89.1 Å². The van der Waals surface area contributed by atoms with Crippen LogP contribution in [0.15, 0.2) is 36.4 Å². The van der Waals surface area contributed by atoms with Gasteiger partial charge in [0.2, 0.25) is 5.91 Å². The summed E-state index contributed by atoms with van der Waals surface area (Å²) in [5.74, 6) is -1.34. The third-order valence-electron chi connectivity index (χ3n) is 4.31. The first-order valence-electron chi connectivity index (χ1n) is 8.55. The molecule has 0 fully saturated rings. The molecule has 136 valence electrons. The van der Waals surface area contributed by atoms with Crippen molar-refractivity contribution in [3.05, 3.63) is 53.5 Å². The van der Waals surface area contributed by atoms with Crippen molar-refractivity contribution in [1.82, 2.24) is 19.7 Å². The van der Waals surface area contributed by atoms with E-state index in [1.54, 1.807) is 6.92 Å². The van der Waals surface area contributed by atoms with Crippen LogP contribution >= 0.6 is 0 Å². The van der Waals surface area contributed by atoms with Crippen LogP contribution in [0.4, 0.5) is 0 Å². The largest absolute Gasteiger partial charge is 0.477 e. The fraction of sp³-hybridized carbons (Fsp3) is 0.316. The predicted molar refractivity (Wildman–Crippen MR) is 98.2 cm³/mol. The van der Waals surface area contributed by atoms with Crippen molar-refractivity contribution in [3.8, 4) is 0 Å². The van der Waals surface area contributed by atoms with Crippen molar-refractivity contribution in [2.45, 2.75) is 33.4 Å². The van der Waals surface area contributed by atoms with E-state index in [1.807, 2.05) is 12.1 Å². The molecule has 1 aromatic carbocycles. The number of hydrogen-bond acceptors (Lipinski definition) is 3. The molecule has 0 bridgehead atoms. The lowest BCUT2D eigenvalue weighted by atomic mass is 10.2. The van der Waals surface area contributed by atoms with Gasteiger partial charge in [0.15, 0.2) is 0 Å². The van der Waals surface area contributed by atoms with Crippen LogP contribution < -0.4 is 5.32 Å². The molecule has 0 aliphatic rings. The summed E-state index contributed by atoms with van der Waals surface area (Å²) in [5, 5.41) is 17.2. The summed E-state index contributed by atoms with van der Waals surface area (Å²) in [5.41, 5.74) is 2.97. The summed E-state index contributed by atoms with van der Waals surface area (Å²) in [6.07, 6.45) is 0.787. The lowest BCUT2D eigenvalue weighted by Gasteiger charge is -2.10. The molecule has 2 aromatic heterocycles. The summed E-state index contributed by atoms with van der Waals surface area (Å²) in [6.45, 7) is 5.01. The Labute approximate surface area is 151 Å². The Morgan fingerprint density at radius 1 is 1.19 bits per heavy atom.